The summed E-state index contributed by atoms with van der Waals surface area (Å²) in [6.07, 6.45) is 10.2. The molecule has 1 aliphatic carbocycles. The van der Waals surface area contributed by atoms with Crippen LogP contribution in [0.4, 0.5) is 5.69 Å². The van der Waals surface area contributed by atoms with Crippen LogP contribution in [-0.2, 0) is 6.54 Å². The quantitative estimate of drug-likeness (QED) is 0.748. The highest BCUT2D eigenvalue weighted by Gasteiger charge is 2.17. The second-order valence-electron chi connectivity index (χ2n) is 6.49. The van der Waals surface area contributed by atoms with Gasteiger partial charge in [-0.1, -0.05) is 55.8 Å². The molecule has 1 aromatic carbocycles. The zero-order chi connectivity index (χ0) is 17.5. The number of benzene rings is 1. The zero-order valence-corrected chi connectivity index (χ0v) is 15.8. The van der Waals surface area contributed by atoms with Gasteiger partial charge in [0.1, 0.15) is 0 Å². The van der Waals surface area contributed by atoms with Gasteiger partial charge in [-0.3, -0.25) is 4.79 Å². The summed E-state index contributed by atoms with van der Waals surface area (Å²) in [5.41, 5.74) is 1.54. The van der Waals surface area contributed by atoms with Gasteiger partial charge in [0.25, 0.3) is 5.91 Å². The van der Waals surface area contributed by atoms with Crippen LogP contribution < -0.4 is 10.6 Å². The van der Waals surface area contributed by atoms with Crippen LogP contribution in [0.3, 0.4) is 0 Å². The molecule has 1 heterocycles. The second-order valence-corrected chi connectivity index (χ2v) is 8.19. The number of para-hydroxylation sites is 1. The van der Waals surface area contributed by atoms with E-state index in [-0.39, 0.29) is 5.91 Å². The molecule has 6 heteroatoms. The van der Waals surface area contributed by atoms with Crippen LogP contribution in [0.2, 0.25) is 4.47 Å². The number of thiazole rings is 1. The summed E-state index contributed by atoms with van der Waals surface area (Å²) in [7, 11) is 0. The summed E-state index contributed by atoms with van der Waals surface area (Å²) in [4.78, 5) is 17.9. The molecule has 134 valence electrons. The molecule has 1 fully saturated rings. The Morgan fingerprint density at radius 1 is 1.16 bits per heavy atom. The van der Waals surface area contributed by atoms with Gasteiger partial charge in [-0.25, -0.2) is 4.98 Å². The summed E-state index contributed by atoms with van der Waals surface area (Å²) in [5, 5.41) is 6.57. The third kappa shape index (κ3) is 5.44. The Balaban J connectivity index is 1.63. The molecule has 4 nitrogen and oxygen atoms in total. The van der Waals surface area contributed by atoms with E-state index in [1.54, 1.807) is 6.20 Å². The molecule has 1 aliphatic rings. The van der Waals surface area contributed by atoms with E-state index in [9.17, 15) is 4.79 Å². The van der Waals surface area contributed by atoms with Gasteiger partial charge in [-0.05, 0) is 25.0 Å². The maximum Gasteiger partial charge on any atom is 0.253 e. The van der Waals surface area contributed by atoms with Crippen molar-refractivity contribution < 1.29 is 4.79 Å². The van der Waals surface area contributed by atoms with Crippen LogP contribution in [0.15, 0.2) is 30.5 Å². The van der Waals surface area contributed by atoms with Crippen LogP contribution >= 0.6 is 22.9 Å². The minimum Gasteiger partial charge on any atom is -0.379 e. The molecule has 2 aromatic rings. The van der Waals surface area contributed by atoms with Gasteiger partial charge >= 0.3 is 0 Å². The Kier molecular flexibility index (Phi) is 6.70. The number of carbonyl (C=O) groups excluding carboxylic acids is 1. The molecule has 0 bridgehead atoms. The molecule has 1 aromatic heterocycles. The van der Waals surface area contributed by atoms with E-state index in [1.165, 1.54) is 43.4 Å². The summed E-state index contributed by atoms with van der Waals surface area (Å²) in [5.74, 6) is 0.0102. The maximum atomic E-state index is 12.8. The predicted molar refractivity (Wildman–Crippen MR) is 104 cm³/mol. The number of nitrogens with zero attached hydrogens (tertiary/aromatic N) is 1. The van der Waals surface area contributed by atoms with Gasteiger partial charge in [0.2, 0.25) is 0 Å². The minimum atomic E-state index is 0.0102. The summed E-state index contributed by atoms with van der Waals surface area (Å²) in [6, 6.07) is 7.95. The zero-order valence-electron chi connectivity index (χ0n) is 14.3. The first kappa shape index (κ1) is 18.2. The van der Waals surface area contributed by atoms with E-state index < -0.39 is 0 Å². The molecule has 3 rings (SSSR count). The Morgan fingerprint density at radius 3 is 2.60 bits per heavy atom. The summed E-state index contributed by atoms with van der Waals surface area (Å²) in [6.45, 7) is 0.609. The minimum absolute atomic E-state index is 0.0102. The number of hydrogen-bond donors (Lipinski definition) is 2. The molecule has 25 heavy (non-hydrogen) atoms. The average molecular weight is 378 g/mol. The van der Waals surface area contributed by atoms with Crippen molar-refractivity contribution in [3.05, 3.63) is 45.4 Å². The van der Waals surface area contributed by atoms with Crippen molar-refractivity contribution in [1.82, 2.24) is 10.3 Å². The molecular weight excluding hydrogens is 354 g/mol. The highest BCUT2D eigenvalue weighted by Crippen LogP contribution is 2.22. The lowest BCUT2D eigenvalue weighted by Crippen LogP contribution is -2.35. The van der Waals surface area contributed by atoms with Gasteiger partial charge in [-0.2, -0.15) is 0 Å². The third-order valence-corrected chi connectivity index (χ3v) is 5.71. The smallest absolute Gasteiger partial charge is 0.253 e. The van der Waals surface area contributed by atoms with Gasteiger partial charge < -0.3 is 10.6 Å². The number of aromatic nitrogens is 1. The standard InChI is InChI=1S/C19H24ClN3OS/c20-19-22-13-15(25-19)12-21-17-11-7-6-10-16(17)18(24)23-14-8-4-2-1-3-5-9-14/h6-7,10-11,13-14,21H,1-5,8-9,12H2,(H,23,24). The van der Waals surface area contributed by atoms with Crippen molar-refractivity contribution >= 4 is 34.5 Å². The molecule has 0 unspecified atom stereocenters. The van der Waals surface area contributed by atoms with Crippen LogP contribution in [0.1, 0.15) is 60.2 Å². The lowest BCUT2D eigenvalue weighted by atomic mass is 9.96. The van der Waals surface area contributed by atoms with Gasteiger partial charge in [-0.15, -0.1) is 11.3 Å². The van der Waals surface area contributed by atoms with Crippen LogP contribution in [-0.4, -0.2) is 16.9 Å². The molecule has 0 aliphatic heterocycles. The van der Waals surface area contributed by atoms with E-state index in [0.29, 0.717) is 22.6 Å². The van der Waals surface area contributed by atoms with Crippen molar-refractivity contribution in [3.8, 4) is 0 Å². The molecule has 0 saturated heterocycles. The SMILES string of the molecule is O=C(NC1CCCCCCC1)c1ccccc1NCc1cnc(Cl)s1. The number of halogens is 1. The topological polar surface area (TPSA) is 54.0 Å². The first-order valence-corrected chi connectivity index (χ1v) is 10.2. The van der Waals surface area contributed by atoms with Crippen molar-refractivity contribution in [1.29, 1.82) is 0 Å². The number of hydrogen-bond acceptors (Lipinski definition) is 4. The predicted octanol–water partition coefficient (Wildman–Crippen LogP) is 5.25. The normalized spacial score (nSPS) is 16.0. The monoisotopic (exact) mass is 377 g/mol. The second kappa shape index (κ2) is 9.20. The van der Waals surface area contributed by atoms with E-state index in [0.717, 1.165) is 23.4 Å². The fourth-order valence-corrected chi connectivity index (χ4v) is 4.16. The lowest BCUT2D eigenvalue weighted by molar-refractivity contribution is 0.0931. The number of carbonyl (C=O) groups is 1. The largest absolute Gasteiger partial charge is 0.379 e. The number of nitrogens with one attached hydrogen (secondary N) is 2. The van der Waals surface area contributed by atoms with E-state index in [1.807, 2.05) is 24.3 Å². The van der Waals surface area contributed by atoms with E-state index in [4.69, 9.17) is 11.6 Å². The number of anilines is 1. The number of amides is 1. The van der Waals surface area contributed by atoms with Gasteiger partial charge in [0, 0.05) is 22.8 Å². The molecule has 1 amide bonds. The van der Waals surface area contributed by atoms with Gasteiger partial charge in [0.05, 0.1) is 12.1 Å². The Hall–Kier alpha value is -1.59. The van der Waals surface area contributed by atoms with Crippen LogP contribution in [0, 0.1) is 0 Å². The Bertz CT molecular complexity index is 695. The molecule has 2 N–H and O–H groups in total. The van der Waals surface area contributed by atoms with Crippen molar-refractivity contribution in [3.63, 3.8) is 0 Å². The third-order valence-electron chi connectivity index (χ3n) is 4.59. The van der Waals surface area contributed by atoms with Crippen LogP contribution in [0.25, 0.3) is 0 Å². The number of rotatable bonds is 5. The van der Waals surface area contributed by atoms with E-state index >= 15 is 0 Å². The van der Waals surface area contributed by atoms with E-state index in [2.05, 4.69) is 15.6 Å². The molecule has 0 atom stereocenters. The Labute approximate surface area is 158 Å². The van der Waals surface area contributed by atoms with Gasteiger partial charge in [0.15, 0.2) is 4.47 Å². The average Bonchev–Trinajstić information content (AvgIpc) is 3.01. The molecular formula is C19H24ClN3OS. The fraction of sp³-hybridized carbons (Fsp3) is 0.474. The van der Waals surface area contributed by atoms with Crippen molar-refractivity contribution in [2.24, 2.45) is 0 Å². The molecule has 0 spiro atoms. The highest BCUT2D eigenvalue weighted by atomic mass is 35.5. The van der Waals surface area contributed by atoms with Crippen LogP contribution in [0.5, 0.6) is 0 Å². The highest BCUT2D eigenvalue weighted by molar-refractivity contribution is 7.15. The molecule has 0 radical (unpaired) electrons. The Morgan fingerprint density at radius 2 is 1.88 bits per heavy atom. The first-order chi connectivity index (χ1) is 12.2. The summed E-state index contributed by atoms with van der Waals surface area (Å²) < 4.78 is 0.534. The maximum absolute atomic E-state index is 12.8. The first-order valence-electron chi connectivity index (χ1n) is 8.96. The van der Waals surface area contributed by atoms with Crippen molar-refractivity contribution in [2.75, 3.05) is 5.32 Å². The lowest BCUT2D eigenvalue weighted by Gasteiger charge is -2.22. The fourth-order valence-electron chi connectivity index (χ4n) is 3.25. The molecule has 1 saturated carbocycles. The van der Waals surface area contributed by atoms with Crippen molar-refractivity contribution in [2.45, 2.75) is 57.5 Å². The summed E-state index contributed by atoms with van der Waals surface area (Å²) >= 11 is 7.32.